The fourth-order valence-corrected chi connectivity index (χ4v) is 4.79. The maximum absolute atomic E-state index is 11.2. The fourth-order valence-electron chi connectivity index (χ4n) is 3.17. The van der Waals surface area contributed by atoms with Gasteiger partial charge in [0.05, 0.1) is 19.3 Å². The van der Waals surface area contributed by atoms with Crippen molar-refractivity contribution >= 4 is 15.6 Å². The minimum Gasteiger partial charge on any atom is -0.373 e. The Hall–Kier alpha value is 0.220. The van der Waals surface area contributed by atoms with Crippen LogP contribution in [0, 0.1) is 0 Å². The number of rotatable bonds is 20. The lowest BCUT2D eigenvalue weighted by Crippen LogP contribution is -1.96. The van der Waals surface area contributed by atoms with Gasteiger partial charge in [-0.15, -0.1) is 0 Å². The quantitative estimate of drug-likeness (QED) is 0.128. The fraction of sp³-hybridized carbons (Fsp3) is 1.00. The van der Waals surface area contributed by atoms with Gasteiger partial charge < -0.3 is 19.4 Å². The number of hydrogen-bond donors (Lipinski definition) is 3. The molecule has 0 bridgehead atoms. The molecule has 2 unspecified atom stereocenters. The standard InChI is InChI=1S/C18H38O8P2/c19-27(20,21)26-28(22,23)25-16-14-12-10-8-6-4-2-1-3-5-7-9-11-13-15-18-17-24-18/h18H,1-17H2,(H,22,23)(H2,19,20,21). The average molecular weight is 444 g/mol. The van der Waals surface area contributed by atoms with E-state index < -0.39 is 15.6 Å². The lowest BCUT2D eigenvalue weighted by atomic mass is 10.0. The van der Waals surface area contributed by atoms with E-state index in [1.165, 1.54) is 70.6 Å². The summed E-state index contributed by atoms with van der Waals surface area (Å²) in [5, 5.41) is 0. The van der Waals surface area contributed by atoms with Crippen LogP contribution in [0.4, 0.5) is 0 Å². The van der Waals surface area contributed by atoms with Gasteiger partial charge in [0.1, 0.15) is 0 Å². The van der Waals surface area contributed by atoms with Crippen molar-refractivity contribution in [3.05, 3.63) is 0 Å². The summed E-state index contributed by atoms with van der Waals surface area (Å²) in [6.07, 6.45) is 18.5. The van der Waals surface area contributed by atoms with E-state index in [-0.39, 0.29) is 6.61 Å². The van der Waals surface area contributed by atoms with Crippen molar-refractivity contribution in [2.24, 2.45) is 0 Å². The molecule has 0 saturated carbocycles. The molecule has 0 aromatic heterocycles. The summed E-state index contributed by atoms with van der Waals surface area (Å²) < 4.78 is 35.2. The van der Waals surface area contributed by atoms with Crippen LogP contribution in [0.15, 0.2) is 0 Å². The molecule has 8 nitrogen and oxygen atoms in total. The van der Waals surface area contributed by atoms with Crippen molar-refractivity contribution in [3.63, 3.8) is 0 Å². The molecule has 1 aliphatic rings. The van der Waals surface area contributed by atoms with Gasteiger partial charge in [-0.25, -0.2) is 9.13 Å². The molecule has 3 N–H and O–H groups in total. The number of phosphoric ester groups is 1. The van der Waals surface area contributed by atoms with Gasteiger partial charge in [-0.3, -0.25) is 4.52 Å². The first-order chi connectivity index (χ1) is 13.3. The molecule has 168 valence electrons. The van der Waals surface area contributed by atoms with Crippen LogP contribution < -0.4 is 0 Å². The Morgan fingerprint density at radius 2 is 1.11 bits per heavy atom. The van der Waals surface area contributed by atoms with Crippen LogP contribution >= 0.6 is 15.6 Å². The summed E-state index contributed by atoms with van der Waals surface area (Å²) in [5.41, 5.74) is 0. The summed E-state index contributed by atoms with van der Waals surface area (Å²) in [6.45, 7) is 0.931. The molecule has 2 atom stereocenters. The van der Waals surface area contributed by atoms with Gasteiger partial charge in [0.15, 0.2) is 0 Å². The van der Waals surface area contributed by atoms with Crippen molar-refractivity contribution in [1.82, 2.24) is 0 Å². The first kappa shape index (κ1) is 26.3. The van der Waals surface area contributed by atoms with Crippen molar-refractivity contribution in [3.8, 4) is 0 Å². The molecule has 0 aliphatic carbocycles. The first-order valence-electron chi connectivity index (χ1n) is 10.6. The molecule has 0 aromatic rings. The number of ether oxygens (including phenoxy) is 1. The number of epoxide rings is 1. The third kappa shape index (κ3) is 18.3. The molecule has 0 radical (unpaired) electrons. The molecule has 1 rings (SSSR count). The maximum Gasteiger partial charge on any atom is 0.481 e. The molecule has 10 heteroatoms. The molecule has 28 heavy (non-hydrogen) atoms. The highest BCUT2D eigenvalue weighted by Crippen LogP contribution is 2.57. The van der Waals surface area contributed by atoms with E-state index in [9.17, 15) is 9.13 Å². The van der Waals surface area contributed by atoms with E-state index in [1.54, 1.807) is 0 Å². The predicted octanol–water partition coefficient (Wildman–Crippen LogP) is 5.46. The van der Waals surface area contributed by atoms with Gasteiger partial charge in [-0.05, 0) is 12.8 Å². The predicted molar refractivity (Wildman–Crippen MR) is 108 cm³/mol. The molecule has 1 aliphatic heterocycles. The Morgan fingerprint density at radius 3 is 1.50 bits per heavy atom. The van der Waals surface area contributed by atoms with Crippen LogP contribution in [0.2, 0.25) is 0 Å². The molecule has 1 saturated heterocycles. The second-order valence-corrected chi connectivity index (χ2v) is 10.4. The lowest BCUT2D eigenvalue weighted by molar-refractivity contribution is 0.175. The molecule has 1 heterocycles. The minimum absolute atomic E-state index is 0.0534. The van der Waals surface area contributed by atoms with E-state index >= 15 is 0 Å². The third-order valence-corrected chi connectivity index (χ3v) is 6.97. The van der Waals surface area contributed by atoms with E-state index in [0.29, 0.717) is 12.5 Å². The van der Waals surface area contributed by atoms with Crippen LogP contribution in [0.1, 0.15) is 96.3 Å². The highest BCUT2D eigenvalue weighted by atomic mass is 31.3. The number of hydrogen-bond acceptors (Lipinski definition) is 5. The maximum atomic E-state index is 11.2. The Kier molecular flexibility index (Phi) is 14.1. The topological polar surface area (TPSA) is 126 Å². The zero-order valence-corrected chi connectivity index (χ0v) is 18.7. The first-order valence-corrected chi connectivity index (χ1v) is 13.7. The number of unbranched alkanes of at least 4 members (excludes halogenated alkanes) is 13. The van der Waals surface area contributed by atoms with Crippen molar-refractivity contribution < 1.29 is 37.4 Å². The Bertz CT molecular complexity index is 478. The van der Waals surface area contributed by atoms with E-state index in [1.807, 2.05) is 0 Å². The smallest absolute Gasteiger partial charge is 0.373 e. The van der Waals surface area contributed by atoms with E-state index in [4.69, 9.17) is 19.4 Å². The second-order valence-electron chi connectivity index (χ2n) is 7.57. The van der Waals surface area contributed by atoms with Gasteiger partial charge in [-0.2, -0.15) is 4.31 Å². The highest BCUT2D eigenvalue weighted by Gasteiger charge is 2.31. The molecular weight excluding hydrogens is 406 g/mol. The van der Waals surface area contributed by atoms with Gasteiger partial charge in [-0.1, -0.05) is 83.5 Å². The summed E-state index contributed by atoms with van der Waals surface area (Å²) in [5.74, 6) is 0. The SMILES string of the molecule is O=P(O)(O)OP(=O)(O)OCCCCCCCCCCCCCCCCC1CO1. The lowest BCUT2D eigenvalue weighted by Gasteiger charge is -2.12. The summed E-state index contributed by atoms with van der Waals surface area (Å²) in [7, 11) is -9.69. The zero-order chi connectivity index (χ0) is 20.7. The summed E-state index contributed by atoms with van der Waals surface area (Å²) >= 11 is 0. The minimum atomic E-state index is -5.02. The Morgan fingerprint density at radius 1 is 0.714 bits per heavy atom. The Balaban J connectivity index is 1.73. The molecule has 0 spiro atoms. The van der Waals surface area contributed by atoms with Crippen molar-refractivity contribution in [1.29, 1.82) is 0 Å². The van der Waals surface area contributed by atoms with Crippen LogP contribution in [0.25, 0.3) is 0 Å². The van der Waals surface area contributed by atoms with Gasteiger partial charge >= 0.3 is 15.6 Å². The number of phosphoric acid groups is 2. The summed E-state index contributed by atoms with van der Waals surface area (Å²) in [4.78, 5) is 26.1. The zero-order valence-electron chi connectivity index (χ0n) is 16.9. The van der Waals surface area contributed by atoms with Crippen molar-refractivity contribution in [2.45, 2.75) is 102 Å². The van der Waals surface area contributed by atoms with Gasteiger partial charge in [0.2, 0.25) is 0 Å². The summed E-state index contributed by atoms with van der Waals surface area (Å²) in [6, 6.07) is 0. The van der Waals surface area contributed by atoms with Gasteiger partial charge in [0.25, 0.3) is 0 Å². The second kappa shape index (κ2) is 15.1. The van der Waals surface area contributed by atoms with E-state index in [0.717, 1.165) is 25.9 Å². The average Bonchev–Trinajstić information content (AvgIpc) is 3.39. The normalized spacial score (nSPS) is 18.9. The largest absolute Gasteiger partial charge is 0.481 e. The van der Waals surface area contributed by atoms with Crippen LogP contribution in [-0.4, -0.2) is 34.0 Å². The van der Waals surface area contributed by atoms with Crippen LogP contribution in [-0.2, 0) is 22.7 Å². The third-order valence-electron chi connectivity index (χ3n) is 4.79. The Labute approximate surface area is 169 Å². The molecule has 1 fully saturated rings. The van der Waals surface area contributed by atoms with Crippen LogP contribution in [0.5, 0.6) is 0 Å². The van der Waals surface area contributed by atoms with Gasteiger partial charge in [0, 0.05) is 0 Å². The molecule has 0 amide bonds. The monoisotopic (exact) mass is 444 g/mol. The molecular formula is C18H38O8P2. The van der Waals surface area contributed by atoms with Crippen molar-refractivity contribution in [2.75, 3.05) is 13.2 Å². The highest BCUT2D eigenvalue weighted by molar-refractivity contribution is 7.60. The van der Waals surface area contributed by atoms with Crippen LogP contribution in [0.3, 0.4) is 0 Å². The van der Waals surface area contributed by atoms with E-state index in [2.05, 4.69) is 8.83 Å². The molecule has 0 aromatic carbocycles.